The van der Waals surface area contributed by atoms with E-state index in [1.54, 1.807) is 18.2 Å². The van der Waals surface area contributed by atoms with Crippen LogP contribution >= 0.6 is 12.4 Å². The number of aromatic nitrogens is 1. The van der Waals surface area contributed by atoms with Crippen LogP contribution in [0.15, 0.2) is 41.2 Å². The van der Waals surface area contributed by atoms with Crippen LogP contribution in [0.4, 0.5) is 11.4 Å². The highest BCUT2D eigenvalue weighted by Crippen LogP contribution is 2.28. The summed E-state index contributed by atoms with van der Waals surface area (Å²) >= 11 is 0. The molecule has 1 heterocycles. The van der Waals surface area contributed by atoms with Crippen LogP contribution in [0.2, 0.25) is 0 Å². The van der Waals surface area contributed by atoms with Crippen molar-refractivity contribution in [3.05, 3.63) is 51.8 Å². The van der Waals surface area contributed by atoms with E-state index in [1.165, 1.54) is 6.07 Å². The van der Waals surface area contributed by atoms with Crippen molar-refractivity contribution in [1.29, 1.82) is 0 Å². The fourth-order valence-corrected chi connectivity index (χ4v) is 2.91. The van der Waals surface area contributed by atoms with E-state index in [0.29, 0.717) is 29.7 Å². The number of pyridine rings is 1. The van der Waals surface area contributed by atoms with Crippen molar-refractivity contribution >= 4 is 45.6 Å². The van der Waals surface area contributed by atoms with Crippen molar-refractivity contribution < 1.29 is 10.4 Å². The van der Waals surface area contributed by atoms with E-state index in [1.807, 2.05) is 23.7 Å². The Kier molecular flexibility index (Phi) is 5.43. The van der Waals surface area contributed by atoms with Gasteiger partial charge < -0.3 is 20.8 Å². The van der Waals surface area contributed by atoms with Crippen LogP contribution in [0.25, 0.3) is 21.8 Å². The van der Waals surface area contributed by atoms with Crippen molar-refractivity contribution in [3.63, 3.8) is 0 Å². The summed E-state index contributed by atoms with van der Waals surface area (Å²) in [5.74, 6) is 0. The molecule has 0 saturated carbocycles. The lowest BCUT2D eigenvalue weighted by Gasteiger charge is -2.19. The van der Waals surface area contributed by atoms with Gasteiger partial charge in [-0.05, 0) is 18.2 Å². The molecule has 0 saturated heterocycles. The first kappa shape index (κ1) is 18.2. The van der Waals surface area contributed by atoms with E-state index in [2.05, 4.69) is 5.32 Å². The number of anilines is 1. The number of rotatable bonds is 4. The zero-order valence-electron chi connectivity index (χ0n) is 13.1. The quantitative estimate of drug-likeness (QED) is 0.413. The molecule has 1 aromatic heterocycles. The van der Waals surface area contributed by atoms with Gasteiger partial charge in [-0.3, -0.25) is 4.79 Å². The molecule has 0 aliphatic rings. The molecule has 1 unspecified atom stereocenters. The van der Waals surface area contributed by atoms with Gasteiger partial charge in [-0.25, -0.2) is 5.21 Å². The molecule has 0 spiro atoms. The number of quaternary nitrogens is 1. The molecule has 1 atom stereocenters. The number of nitrogens with two attached hydrogens (primary N) is 1. The summed E-state index contributed by atoms with van der Waals surface area (Å²) in [6, 6.07) is 10.3. The van der Waals surface area contributed by atoms with Crippen LogP contribution < -0.4 is 21.7 Å². The Morgan fingerprint density at radius 1 is 1.29 bits per heavy atom. The molecule has 0 aliphatic carbocycles. The maximum atomic E-state index is 12.9. The zero-order chi connectivity index (χ0) is 16.6. The number of fused-ring (bicyclic) bond motifs is 2. The summed E-state index contributed by atoms with van der Waals surface area (Å²) < 4.78 is 1.84. The first-order valence-electron chi connectivity index (χ1n) is 7.28. The molecule has 5 N–H and O–H groups in total. The van der Waals surface area contributed by atoms with Crippen molar-refractivity contribution in [1.82, 2.24) is 4.57 Å². The van der Waals surface area contributed by atoms with Crippen LogP contribution in [-0.2, 0) is 7.05 Å². The molecule has 3 aromatic rings. The second-order valence-electron chi connectivity index (χ2n) is 5.31. The van der Waals surface area contributed by atoms with E-state index < -0.39 is 5.23 Å². The summed E-state index contributed by atoms with van der Waals surface area (Å²) in [5, 5.41) is 23.8. The molecule has 24 heavy (non-hydrogen) atoms. The Morgan fingerprint density at radius 2 is 2.00 bits per heavy atom. The first-order chi connectivity index (χ1) is 11.1. The van der Waals surface area contributed by atoms with E-state index in [-0.39, 0.29) is 28.9 Å². The van der Waals surface area contributed by atoms with Crippen LogP contribution in [0.3, 0.4) is 0 Å². The van der Waals surface area contributed by atoms with Gasteiger partial charge in [-0.15, -0.1) is 12.4 Å². The SMILES string of the molecule is Cl.Cn1c2ccccc2c(=O)c2c([NH+]([O-])O)ccc(NCCN)c21. The largest absolute Gasteiger partial charge is 0.595 e. The van der Waals surface area contributed by atoms with Gasteiger partial charge in [-0.2, -0.15) is 5.23 Å². The molecular weight excluding hydrogens is 332 g/mol. The fourth-order valence-electron chi connectivity index (χ4n) is 2.91. The number of hydrogen-bond donors (Lipinski definition) is 4. The average Bonchev–Trinajstić information content (AvgIpc) is 2.56. The predicted octanol–water partition coefficient (Wildman–Crippen LogP) is 0.887. The number of hydrogen-bond acceptors (Lipinski definition) is 5. The van der Waals surface area contributed by atoms with Gasteiger partial charge in [0.05, 0.1) is 16.7 Å². The van der Waals surface area contributed by atoms with Crippen molar-refractivity contribution in [2.24, 2.45) is 12.8 Å². The second kappa shape index (κ2) is 7.16. The van der Waals surface area contributed by atoms with Gasteiger partial charge in [0.2, 0.25) is 5.43 Å². The van der Waals surface area contributed by atoms with Gasteiger partial charge in [0.1, 0.15) is 5.39 Å². The lowest BCUT2D eigenvalue weighted by molar-refractivity contribution is -0.990. The Bertz CT molecular complexity index is 940. The highest BCUT2D eigenvalue weighted by Gasteiger charge is 2.18. The van der Waals surface area contributed by atoms with Gasteiger partial charge >= 0.3 is 0 Å². The van der Waals surface area contributed by atoms with E-state index in [9.17, 15) is 15.2 Å². The molecule has 2 aromatic carbocycles. The lowest BCUT2D eigenvalue weighted by atomic mass is 10.1. The Morgan fingerprint density at radius 3 is 2.67 bits per heavy atom. The van der Waals surface area contributed by atoms with Crippen LogP contribution in [0.5, 0.6) is 0 Å². The summed E-state index contributed by atoms with van der Waals surface area (Å²) in [6.45, 7) is 0.965. The molecule has 0 aliphatic heterocycles. The predicted molar refractivity (Wildman–Crippen MR) is 97.3 cm³/mol. The maximum Gasteiger partial charge on any atom is 0.203 e. The third-order valence-corrected chi connectivity index (χ3v) is 3.94. The summed E-state index contributed by atoms with van der Waals surface area (Å²) in [5.41, 5.74) is 7.28. The number of benzene rings is 2. The van der Waals surface area contributed by atoms with Crippen molar-refractivity contribution in [2.45, 2.75) is 0 Å². The van der Waals surface area contributed by atoms with Gasteiger partial charge in [0.15, 0.2) is 5.69 Å². The van der Waals surface area contributed by atoms with Crippen LogP contribution in [0.1, 0.15) is 0 Å². The lowest BCUT2D eigenvalue weighted by Crippen LogP contribution is -2.99. The Hall–Kier alpha value is -2.16. The molecule has 128 valence electrons. The molecular formula is C16H19ClN4O3. The molecule has 8 heteroatoms. The van der Waals surface area contributed by atoms with E-state index in [4.69, 9.17) is 5.73 Å². The number of nitrogens with one attached hydrogen (secondary N) is 2. The van der Waals surface area contributed by atoms with E-state index >= 15 is 0 Å². The van der Waals surface area contributed by atoms with Crippen LogP contribution in [0, 0.1) is 5.21 Å². The highest BCUT2D eigenvalue weighted by molar-refractivity contribution is 6.03. The molecule has 0 amide bonds. The normalized spacial score (nSPS) is 12.2. The summed E-state index contributed by atoms with van der Waals surface area (Å²) in [7, 11) is 1.82. The Labute approximate surface area is 144 Å². The van der Waals surface area contributed by atoms with Crippen LogP contribution in [-0.4, -0.2) is 22.9 Å². The maximum absolute atomic E-state index is 12.9. The fraction of sp³-hybridized carbons (Fsp3) is 0.188. The molecule has 0 fully saturated rings. The molecule has 0 bridgehead atoms. The minimum atomic E-state index is -1.12. The van der Waals surface area contributed by atoms with Gasteiger partial charge in [0.25, 0.3) is 0 Å². The topological polar surface area (TPSA) is 108 Å². The van der Waals surface area contributed by atoms with Crippen molar-refractivity contribution in [2.75, 3.05) is 18.4 Å². The second-order valence-corrected chi connectivity index (χ2v) is 5.31. The molecule has 0 radical (unpaired) electrons. The Balaban J connectivity index is 0.00000208. The highest BCUT2D eigenvalue weighted by atomic mass is 35.5. The molecule has 3 rings (SSSR count). The zero-order valence-corrected chi connectivity index (χ0v) is 13.9. The monoisotopic (exact) mass is 350 g/mol. The molecule has 7 nitrogen and oxygen atoms in total. The first-order valence-corrected chi connectivity index (χ1v) is 7.28. The smallest absolute Gasteiger partial charge is 0.203 e. The van der Waals surface area contributed by atoms with E-state index in [0.717, 1.165) is 5.52 Å². The minimum absolute atomic E-state index is 0. The third kappa shape index (κ3) is 2.83. The standard InChI is InChI=1S/C16H18N4O3.ClH/c1-19-12-5-3-2-4-10(12)16(21)14-13(20(22)23)7-6-11(15(14)19)18-9-8-17;/h2-7,18,20,22H,8-9,17H2,1H3;1H. The van der Waals surface area contributed by atoms with Crippen molar-refractivity contribution in [3.8, 4) is 0 Å². The number of nitrogens with zero attached hydrogens (tertiary/aromatic N) is 1. The number of halogens is 1. The summed E-state index contributed by atoms with van der Waals surface area (Å²) in [4.78, 5) is 12.9. The minimum Gasteiger partial charge on any atom is -0.595 e. The third-order valence-electron chi connectivity index (χ3n) is 3.94. The number of aryl methyl sites for hydroxylation is 1. The van der Waals surface area contributed by atoms with Gasteiger partial charge in [-0.1, -0.05) is 12.1 Å². The number of para-hydroxylation sites is 1. The average molecular weight is 351 g/mol. The summed E-state index contributed by atoms with van der Waals surface area (Å²) in [6.07, 6.45) is 0. The van der Waals surface area contributed by atoms with Gasteiger partial charge in [0, 0.05) is 31.6 Å².